The molecule has 4 aliphatic rings. The number of hydrogen-bond acceptors (Lipinski definition) is 12. The molecule has 2 unspecified atom stereocenters. The van der Waals surface area contributed by atoms with Crippen LogP contribution >= 0.6 is 0 Å². The van der Waals surface area contributed by atoms with Crippen LogP contribution in [-0.2, 0) is 54.7 Å². The maximum absolute atomic E-state index is 12.2. The summed E-state index contributed by atoms with van der Waals surface area (Å²) in [5.74, 6) is 0. The molecule has 0 amide bonds. The highest BCUT2D eigenvalue weighted by atomic mass is 32.2. The van der Waals surface area contributed by atoms with Crippen LogP contribution in [0.5, 0.6) is 0 Å². The second-order valence-electron chi connectivity index (χ2n) is 26.7. The third-order valence-electron chi connectivity index (χ3n) is 19.7. The van der Waals surface area contributed by atoms with Gasteiger partial charge in [0.1, 0.15) is 34.3 Å². The fourth-order valence-electron chi connectivity index (χ4n) is 14.8. The van der Waals surface area contributed by atoms with Gasteiger partial charge in [-0.25, -0.2) is 16.8 Å². The summed E-state index contributed by atoms with van der Waals surface area (Å²) in [6, 6.07) is 56.7. The molecule has 0 spiro atoms. The molecule has 9 aromatic rings. The number of nitro groups is 2. The Morgan fingerprint density at radius 1 is 0.469 bits per heavy atom. The first-order valence-electron chi connectivity index (χ1n) is 31.5. The van der Waals surface area contributed by atoms with E-state index in [0.717, 1.165) is 56.1 Å². The van der Waals surface area contributed by atoms with Crippen LogP contribution in [-0.4, -0.2) is 84.6 Å². The Balaban J connectivity index is 0.000000360. The lowest BCUT2D eigenvalue weighted by Gasteiger charge is -2.30. The fourth-order valence-corrected chi connectivity index (χ4v) is 15.8. The summed E-state index contributed by atoms with van der Waals surface area (Å²) >= 11 is 0. The van der Waals surface area contributed by atoms with Crippen molar-refractivity contribution in [3.8, 4) is 0 Å². The molecule has 0 saturated heterocycles. The molecule has 0 saturated carbocycles. The second kappa shape index (κ2) is 25.3. The fraction of sp³-hybridized carbons (Fsp3) is 0.231. The molecular formula is C78H76N6O10S2. The van der Waals surface area contributed by atoms with Crippen LogP contribution in [0, 0.1) is 34.1 Å². The average molecular weight is 1320 g/mol. The minimum absolute atomic E-state index is 0.0654. The Bertz CT molecular complexity index is 4790. The summed E-state index contributed by atoms with van der Waals surface area (Å²) in [4.78, 5) is 27.9. The summed E-state index contributed by atoms with van der Waals surface area (Å²) in [5.41, 5.74) is 15.6. The summed E-state index contributed by atoms with van der Waals surface area (Å²) in [6.45, 7) is 17.2. The Kier molecular flexibility index (Phi) is 17.8. The van der Waals surface area contributed by atoms with E-state index in [-0.39, 0.29) is 41.8 Å². The van der Waals surface area contributed by atoms with E-state index in [9.17, 15) is 46.2 Å². The maximum Gasteiger partial charge on any atom is 0.269 e. The SMILES string of the molecule is CN1C(=CC=CC2=[N+](C)c3ccc4ccccc4c3C2(C)C)C(C)(Cc2ccc(CC3(C)C(=CC=CC4=[N+](C)c5ccc6ccccc6c5C4(C)C)N(C)c4ccc([N+](=O)[O-])cc43)cc2)c2cc([N+](=O)[O-])ccc21.Cc1ccc(S(=O)(=O)[O-])cc1.Cc1ccc(S(=O)(=O)[O-])cc1. The minimum atomic E-state index is -4.27. The van der Waals surface area contributed by atoms with E-state index in [2.05, 4.69) is 208 Å². The lowest BCUT2D eigenvalue weighted by Crippen LogP contribution is -2.29. The first-order valence-corrected chi connectivity index (χ1v) is 34.3. The van der Waals surface area contributed by atoms with Crippen molar-refractivity contribution in [3.05, 3.63) is 295 Å². The largest absolute Gasteiger partial charge is 0.744 e. The van der Waals surface area contributed by atoms with E-state index in [0.29, 0.717) is 12.8 Å². The highest BCUT2D eigenvalue weighted by Crippen LogP contribution is 2.53. The molecule has 0 N–H and O–H groups in total. The van der Waals surface area contributed by atoms with Crippen molar-refractivity contribution in [2.45, 2.75) is 99.7 Å². The van der Waals surface area contributed by atoms with E-state index in [1.807, 2.05) is 40.1 Å². The van der Waals surface area contributed by atoms with Crippen LogP contribution in [0.25, 0.3) is 21.5 Å². The van der Waals surface area contributed by atoms with Crippen molar-refractivity contribution in [3.63, 3.8) is 0 Å². The predicted octanol–water partition coefficient (Wildman–Crippen LogP) is 15.8. The molecule has 9 aromatic carbocycles. The molecule has 0 bridgehead atoms. The summed E-state index contributed by atoms with van der Waals surface area (Å²) in [6.07, 6.45) is 14.3. The molecule has 0 radical (unpaired) electrons. The van der Waals surface area contributed by atoms with Gasteiger partial charge in [0.05, 0.1) is 30.5 Å². The number of allylic oxidation sites excluding steroid dienone is 8. The zero-order valence-corrected chi connectivity index (χ0v) is 57.4. The van der Waals surface area contributed by atoms with Crippen molar-refractivity contribution >= 4 is 87.3 Å². The van der Waals surface area contributed by atoms with Gasteiger partial charge in [-0.15, -0.1) is 0 Å². The highest BCUT2D eigenvalue weighted by molar-refractivity contribution is 7.86. The molecule has 96 heavy (non-hydrogen) atoms. The molecule has 13 rings (SSSR count). The number of nitro benzene ring substituents is 2. The van der Waals surface area contributed by atoms with Gasteiger partial charge < -0.3 is 18.9 Å². The minimum Gasteiger partial charge on any atom is -0.744 e. The van der Waals surface area contributed by atoms with Crippen molar-refractivity contribution in [1.29, 1.82) is 0 Å². The summed E-state index contributed by atoms with van der Waals surface area (Å²) in [7, 11) is -0.167. The summed E-state index contributed by atoms with van der Waals surface area (Å²) < 4.78 is 66.9. The molecule has 4 aliphatic heterocycles. The monoisotopic (exact) mass is 1320 g/mol. The first-order chi connectivity index (χ1) is 45.2. The van der Waals surface area contributed by atoms with Crippen LogP contribution in [0.4, 0.5) is 34.1 Å². The molecule has 0 fully saturated rings. The van der Waals surface area contributed by atoms with Gasteiger partial charge in [-0.3, -0.25) is 20.2 Å². The number of anilines is 2. The third kappa shape index (κ3) is 12.4. The predicted molar refractivity (Wildman–Crippen MR) is 380 cm³/mol. The molecule has 16 nitrogen and oxygen atoms in total. The smallest absolute Gasteiger partial charge is 0.269 e. The van der Waals surface area contributed by atoms with Crippen molar-refractivity contribution in [1.82, 2.24) is 0 Å². The quantitative estimate of drug-likeness (QED) is 0.0483. The average Bonchev–Trinajstić information content (AvgIpc) is 1.59. The van der Waals surface area contributed by atoms with Crippen molar-refractivity contribution < 1.29 is 44.9 Å². The van der Waals surface area contributed by atoms with Crippen molar-refractivity contribution in [2.24, 2.45) is 0 Å². The van der Waals surface area contributed by atoms with Gasteiger partial charge in [-0.05, 0) is 173 Å². The lowest BCUT2D eigenvalue weighted by molar-refractivity contribution is -0.401. The Morgan fingerprint density at radius 2 is 0.812 bits per heavy atom. The standard InChI is InChI=1S/C64H62N6O4.2C7H8O3S/c1-61(2)55(67(9)53-33-29-43-17-11-13-19-47(43)59(53)61)21-15-23-57-63(5,49-37-45(69(71)72)31-35-51(49)65(57)7)39-41-25-27-42(28-26-41)40-64(6)50-38-46(70(73)74)32-36-52(50)66(8)58(64)24-16-22-56-62(3,4)60-48-20-14-12-18-44(48)30-34-54(60)68(56)10;2*1-6-2-4-7(5-3-6)11(8,9)10/h11-38H,39-40H2,1-10H3;2*2-5H,1H3,(H,8,9,10)/q+2;;/p-2. The maximum atomic E-state index is 12.2. The van der Waals surface area contributed by atoms with Gasteiger partial charge in [0.15, 0.2) is 11.4 Å². The van der Waals surface area contributed by atoms with Crippen LogP contribution in [0.3, 0.4) is 0 Å². The first kappa shape index (κ1) is 67.4. The Hall–Kier alpha value is -9.98. The zero-order valence-electron chi connectivity index (χ0n) is 55.8. The highest BCUT2D eigenvalue weighted by Gasteiger charge is 2.48. The van der Waals surface area contributed by atoms with Crippen LogP contribution in [0.2, 0.25) is 0 Å². The number of benzene rings is 9. The zero-order chi connectivity index (χ0) is 69.2. The molecule has 0 aromatic heterocycles. The third-order valence-corrected chi connectivity index (χ3v) is 21.4. The number of fused-ring (bicyclic) bond motifs is 8. The number of likely N-dealkylation sites (N-methyl/N-ethyl adjacent to an activating group) is 2. The van der Waals surface area contributed by atoms with Gasteiger partial charge >= 0.3 is 0 Å². The van der Waals surface area contributed by atoms with E-state index < -0.39 is 31.1 Å². The topological polar surface area (TPSA) is 213 Å². The van der Waals surface area contributed by atoms with Gasteiger partial charge in [0.2, 0.25) is 11.4 Å². The molecular weight excluding hydrogens is 1250 g/mol. The summed E-state index contributed by atoms with van der Waals surface area (Å²) in [5, 5.41) is 29.5. The Morgan fingerprint density at radius 3 is 1.15 bits per heavy atom. The molecule has 18 heteroatoms. The van der Waals surface area contributed by atoms with Crippen LogP contribution in [0.1, 0.15) is 86.1 Å². The number of rotatable bonds is 12. The molecule has 2 atom stereocenters. The molecule has 4 heterocycles. The van der Waals surface area contributed by atoms with Gasteiger partial charge in [0.25, 0.3) is 11.4 Å². The van der Waals surface area contributed by atoms with E-state index in [4.69, 9.17) is 0 Å². The second-order valence-corrected chi connectivity index (χ2v) is 29.5. The number of aryl methyl sites for hydroxylation is 2. The van der Waals surface area contributed by atoms with Crippen LogP contribution in [0.15, 0.2) is 240 Å². The van der Waals surface area contributed by atoms with E-state index in [1.165, 1.54) is 79.7 Å². The Labute approximate surface area is 561 Å². The van der Waals surface area contributed by atoms with Gasteiger partial charge in [0, 0.05) is 107 Å². The lowest BCUT2D eigenvalue weighted by atomic mass is 9.74. The van der Waals surface area contributed by atoms with E-state index in [1.54, 1.807) is 48.5 Å². The molecule has 0 aliphatic carbocycles. The van der Waals surface area contributed by atoms with Gasteiger partial charge in [-0.2, -0.15) is 9.15 Å². The van der Waals surface area contributed by atoms with E-state index >= 15 is 0 Å². The normalized spacial score (nSPS) is 19.2. The molecule has 490 valence electrons. The number of nitrogens with zero attached hydrogens (tertiary/aromatic N) is 6. The number of non-ortho nitro benzene ring substituents is 2. The van der Waals surface area contributed by atoms with Crippen molar-refractivity contribution in [2.75, 3.05) is 38.0 Å². The number of hydrogen-bond donors (Lipinski definition) is 0. The van der Waals surface area contributed by atoms with Crippen LogP contribution < -0.4 is 9.80 Å². The van der Waals surface area contributed by atoms with Gasteiger partial charge in [-0.1, -0.05) is 120 Å².